The number of likely N-dealkylation sites (tertiary alicyclic amines) is 1. The highest BCUT2D eigenvalue weighted by Gasteiger charge is 2.48. The largest absolute Gasteiger partial charge is 0.342 e. The van der Waals surface area contributed by atoms with Crippen molar-refractivity contribution in [3.8, 4) is 16.9 Å². The summed E-state index contributed by atoms with van der Waals surface area (Å²) in [6.45, 7) is 2.86. The number of pyridine rings is 1. The lowest BCUT2D eigenvalue weighted by Gasteiger charge is -2.48. The average Bonchev–Trinajstić information content (AvgIpc) is 3.22. The quantitative estimate of drug-likeness (QED) is 0.503. The lowest BCUT2D eigenvalue weighted by atomic mass is 9.76. The molecule has 3 aromatic rings. The van der Waals surface area contributed by atoms with Gasteiger partial charge in [0.05, 0.1) is 22.2 Å². The van der Waals surface area contributed by atoms with Crippen molar-refractivity contribution >= 4 is 38.4 Å². The molecule has 1 saturated heterocycles. The SMILES string of the molecule is CC(=O)N1CC2(CC=C(c3nc(-c4nnc(C(F)F)s4)n4cc(S(=O)(=O)NC5(C#N)CC5)ccc34)C2)C1. The molecule has 1 saturated carbocycles. The second-order valence-electron chi connectivity index (χ2n) is 9.93. The maximum atomic E-state index is 13.2. The van der Waals surface area contributed by atoms with Crippen molar-refractivity contribution in [1.29, 1.82) is 5.26 Å². The second kappa shape index (κ2) is 8.11. The van der Waals surface area contributed by atoms with E-state index in [1.165, 1.54) is 16.7 Å². The van der Waals surface area contributed by atoms with Crippen LogP contribution >= 0.6 is 11.3 Å². The molecule has 1 N–H and O–H groups in total. The van der Waals surface area contributed by atoms with Gasteiger partial charge in [-0.15, -0.1) is 10.2 Å². The molecule has 0 radical (unpaired) electrons. The van der Waals surface area contributed by atoms with Crippen molar-refractivity contribution in [2.24, 2.45) is 5.41 Å². The molecule has 6 rings (SSSR count). The van der Waals surface area contributed by atoms with Crippen LogP contribution in [0.2, 0.25) is 0 Å². The Balaban J connectivity index is 1.41. The van der Waals surface area contributed by atoms with E-state index in [2.05, 4.69) is 21.0 Å². The standard InChI is InChI=1S/C23H21F2N7O3S2/c1-13(33)31-11-22(12-31)5-4-14(8-22)17-16-3-2-15(37(34,35)30-23(10-26)6-7-23)9-32(16)19(27-17)21-29-28-20(36-21)18(24)25/h2-4,9,18,30H,5-8,11-12H2,1H3. The van der Waals surface area contributed by atoms with Crippen molar-refractivity contribution in [1.82, 2.24) is 29.2 Å². The summed E-state index contributed by atoms with van der Waals surface area (Å²) in [5, 5.41) is 16.5. The minimum Gasteiger partial charge on any atom is -0.342 e. The first kappa shape index (κ1) is 24.1. The Kier molecular flexibility index (Phi) is 5.28. The number of nitriles is 1. The Hall–Kier alpha value is -3.28. The van der Waals surface area contributed by atoms with Crippen LogP contribution in [0.1, 0.15) is 49.7 Å². The van der Waals surface area contributed by atoms with Crippen LogP contribution in [0.15, 0.2) is 29.3 Å². The van der Waals surface area contributed by atoms with Gasteiger partial charge in [-0.3, -0.25) is 9.20 Å². The molecule has 1 spiro atoms. The molecule has 192 valence electrons. The highest BCUT2D eigenvalue weighted by molar-refractivity contribution is 7.89. The summed E-state index contributed by atoms with van der Waals surface area (Å²) in [5.41, 5.74) is 0.998. The molecule has 1 amide bonds. The van der Waals surface area contributed by atoms with Gasteiger partial charge in [0.15, 0.2) is 15.8 Å². The van der Waals surface area contributed by atoms with Crippen molar-refractivity contribution in [2.45, 2.75) is 49.5 Å². The summed E-state index contributed by atoms with van der Waals surface area (Å²) in [6, 6.07) is 5.07. The first-order valence-corrected chi connectivity index (χ1v) is 13.9. The molecule has 4 heterocycles. The van der Waals surface area contributed by atoms with Gasteiger partial charge in [0.2, 0.25) is 15.9 Å². The number of imidazole rings is 1. The van der Waals surface area contributed by atoms with Crippen molar-refractivity contribution < 1.29 is 22.0 Å². The number of amides is 1. The predicted octanol–water partition coefficient (Wildman–Crippen LogP) is 3.15. The zero-order valence-corrected chi connectivity index (χ0v) is 21.2. The fourth-order valence-electron chi connectivity index (χ4n) is 5.00. The highest BCUT2D eigenvalue weighted by Crippen LogP contribution is 2.49. The van der Waals surface area contributed by atoms with Gasteiger partial charge in [-0.1, -0.05) is 17.4 Å². The molecule has 3 aromatic heterocycles. The number of carbonyl (C=O) groups is 1. The van der Waals surface area contributed by atoms with Gasteiger partial charge in [-0.2, -0.15) is 9.98 Å². The van der Waals surface area contributed by atoms with Gasteiger partial charge in [0, 0.05) is 31.6 Å². The van der Waals surface area contributed by atoms with E-state index in [1.807, 2.05) is 6.07 Å². The predicted molar refractivity (Wildman–Crippen MR) is 129 cm³/mol. The number of hydrogen-bond donors (Lipinski definition) is 1. The number of sulfonamides is 1. The number of halogens is 2. The highest BCUT2D eigenvalue weighted by atomic mass is 32.2. The summed E-state index contributed by atoms with van der Waals surface area (Å²) in [6.07, 6.45) is 2.98. The van der Waals surface area contributed by atoms with E-state index < -0.39 is 27.0 Å². The van der Waals surface area contributed by atoms with E-state index in [4.69, 9.17) is 4.98 Å². The van der Waals surface area contributed by atoms with E-state index in [0.29, 0.717) is 54.9 Å². The maximum absolute atomic E-state index is 13.2. The van der Waals surface area contributed by atoms with E-state index in [0.717, 1.165) is 12.0 Å². The normalized spacial score (nSPS) is 19.8. The number of rotatable bonds is 6. The van der Waals surface area contributed by atoms with Crippen molar-refractivity contribution in [2.75, 3.05) is 13.1 Å². The summed E-state index contributed by atoms with van der Waals surface area (Å²) in [4.78, 5) is 18.1. The average molecular weight is 546 g/mol. The zero-order chi connectivity index (χ0) is 26.2. The Bertz CT molecular complexity index is 1630. The van der Waals surface area contributed by atoms with Crippen molar-refractivity contribution in [3.05, 3.63) is 35.1 Å². The minimum atomic E-state index is -4.03. The van der Waals surface area contributed by atoms with Crippen LogP contribution in [0.4, 0.5) is 8.78 Å². The molecule has 0 unspecified atom stereocenters. The third-order valence-electron chi connectivity index (χ3n) is 7.18. The molecule has 0 aromatic carbocycles. The Morgan fingerprint density at radius 1 is 1.27 bits per heavy atom. The number of allylic oxidation sites excluding steroid dienone is 2. The van der Waals surface area contributed by atoms with Gasteiger partial charge in [-0.25, -0.2) is 22.2 Å². The molecule has 2 aliphatic carbocycles. The summed E-state index contributed by atoms with van der Waals surface area (Å²) in [5.74, 6) is 0.236. The van der Waals surface area contributed by atoms with Crippen LogP contribution in [0, 0.1) is 16.7 Å². The van der Waals surface area contributed by atoms with E-state index >= 15 is 0 Å². The fraction of sp³-hybridized carbons (Fsp3) is 0.435. The van der Waals surface area contributed by atoms with E-state index in [1.54, 1.807) is 17.9 Å². The monoisotopic (exact) mass is 545 g/mol. The third kappa shape index (κ3) is 4.01. The van der Waals surface area contributed by atoms with Gasteiger partial charge in [0.1, 0.15) is 5.54 Å². The first-order valence-electron chi connectivity index (χ1n) is 11.6. The van der Waals surface area contributed by atoms with Crippen molar-refractivity contribution in [3.63, 3.8) is 0 Å². The minimum absolute atomic E-state index is 0.0339. The van der Waals surface area contributed by atoms with Crippen LogP contribution in [0.3, 0.4) is 0 Å². The summed E-state index contributed by atoms with van der Waals surface area (Å²) >= 11 is 0.693. The molecule has 14 heteroatoms. The molecule has 2 fully saturated rings. The number of carbonyl (C=O) groups excluding carboxylic acids is 1. The van der Waals surface area contributed by atoms with Gasteiger partial charge >= 0.3 is 0 Å². The Labute approximate surface area is 214 Å². The smallest absolute Gasteiger partial charge is 0.291 e. The fourth-order valence-corrected chi connectivity index (χ4v) is 7.06. The maximum Gasteiger partial charge on any atom is 0.291 e. The molecule has 37 heavy (non-hydrogen) atoms. The molecule has 10 nitrogen and oxygen atoms in total. The van der Waals surface area contributed by atoms with Gasteiger partial charge in [-0.05, 0) is 43.4 Å². The molecule has 1 aliphatic heterocycles. The van der Waals surface area contributed by atoms with Gasteiger partial charge in [0.25, 0.3) is 6.43 Å². The molecule has 0 bridgehead atoms. The lowest BCUT2D eigenvalue weighted by molar-refractivity contribution is -0.140. The van der Waals surface area contributed by atoms with Crippen LogP contribution in [-0.4, -0.2) is 57.4 Å². The Morgan fingerprint density at radius 2 is 2.03 bits per heavy atom. The number of fused-ring (bicyclic) bond motifs is 1. The second-order valence-corrected chi connectivity index (χ2v) is 12.6. The van der Waals surface area contributed by atoms with Crippen LogP contribution in [-0.2, 0) is 14.8 Å². The number of aromatic nitrogens is 4. The lowest BCUT2D eigenvalue weighted by Crippen LogP contribution is -2.56. The van der Waals surface area contributed by atoms with E-state index in [-0.39, 0.29) is 27.0 Å². The van der Waals surface area contributed by atoms with Gasteiger partial charge < -0.3 is 4.90 Å². The number of nitrogens with one attached hydrogen (secondary N) is 1. The molecular formula is C23H21F2N7O3S2. The molecular weight excluding hydrogens is 524 g/mol. The summed E-state index contributed by atoms with van der Waals surface area (Å²) < 4.78 is 56.5. The number of alkyl halides is 2. The van der Waals surface area contributed by atoms with Crippen LogP contribution < -0.4 is 4.72 Å². The zero-order valence-electron chi connectivity index (χ0n) is 19.6. The third-order valence-corrected chi connectivity index (χ3v) is 9.63. The van der Waals surface area contributed by atoms with E-state index in [9.17, 15) is 27.3 Å². The number of nitrogens with zero attached hydrogens (tertiary/aromatic N) is 6. The topological polar surface area (TPSA) is 133 Å². The first-order chi connectivity index (χ1) is 17.5. The van der Waals surface area contributed by atoms with Crippen LogP contribution in [0.5, 0.6) is 0 Å². The number of hydrogen-bond acceptors (Lipinski definition) is 8. The molecule has 3 aliphatic rings. The Morgan fingerprint density at radius 3 is 2.65 bits per heavy atom. The van der Waals surface area contributed by atoms with Crippen LogP contribution in [0.25, 0.3) is 21.9 Å². The molecule has 0 atom stereocenters. The summed E-state index contributed by atoms with van der Waals surface area (Å²) in [7, 11) is -4.03.